The maximum absolute atomic E-state index is 13.4. The number of nitrogens with zero attached hydrogens (tertiary/aromatic N) is 1. The smallest absolute Gasteiger partial charge is 0.272 e. The number of hydrogen-bond acceptors (Lipinski definition) is 3. The van der Waals surface area contributed by atoms with Gasteiger partial charge >= 0.3 is 0 Å². The van der Waals surface area contributed by atoms with Crippen LogP contribution in [0, 0.1) is 12.7 Å². The van der Waals surface area contributed by atoms with Gasteiger partial charge in [0.15, 0.2) is 0 Å². The van der Waals surface area contributed by atoms with Gasteiger partial charge in [0.1, 0.15) is 16.4 Å². The molecule has 28 heavy (non-hydrogen) atoms. The third-order valence-corrected chi connectivity index (χ3v) is 6.05. The van der Waals surface area contributed by atoms with Gasteiger partial charge in [-0.05, 0) is 44.0 Å². The standard InChI is InChI=1S/C18H22F3N3O3S/c1-5-10(2)23-28(26,27)15-9-24(4)16(11(15)3)18(25)22-12-6-7-14(19)13(8-12)17(20)21/h6-10,17,23H,5H2,1-4H3,(H,22,25)/t10-/m0/s1. The summed E-state index contributed by atoms with van der Waals surface area (Å²) in [7, 11) is -2.33. The predicted octanol–water partition coefficient (Wildman–Crippen LogP) is 3.74. The van der Waals surface area contributed by atoms with Crippen LogP contribution in [0.4, 0.5) is 18.9 Å². The van der Waals surface area contributed by atoms with Crippen molar-refractivity contribution in [2.75, 3.05) is 5.32 Å². The highest BCUT2D eigenvalue weighted by molar-refractivity contribution is 7.89. The fourth-order valence-corrected chi connectivity index (χ4v) is 4.33. The Hall–Kier alpha value is -2.33. The average Bonchev–Trinajstić information content (AvgIpc) is 2.91. The molecule has 2 rings (SSSR count). The third kappa shape index (κ3) is 4.56. The van der Waals surface area contributed by atoms with Crippen molar-refractivity contribution in [1.29, 1.82) is 0 Å². The zero-order valence-corrected chi connectivity index (χ0v) is 16.7. The Morgan fingerprint density at radius 3 is 2.50 bits per heavy atom. The number of carbonyl (C=O) groups excluding carboxylic acids is 1. The van der Waals surface area contributed by atoms with Crippen LogP contribution >= 0.6 is 0 Å². The Bertz CT molecular complexity index is 987. The van der Waals surface area contributed by atoms with Crippen molar-refractivity contribution >= 4 is 21.6 Å². The fourth-order valence-electron chi connectivity index (χ4n) is 2.71. The maximum atomic E-state index is 13.4. The molecule has 10 heteroatoms. The summed E-state index contributed by atoms with van der Waals surface area (Å²) in [5.41, 5.74) is -0.591. The number of benzene rings is 1. The number of aryl methyl sites for hydroxylation is 1. The molecule has 2 aromatic rings. The number of halogens is 3. The molecule has 0 bridgehead atoms. The Labute approximate surface area is 161 Å². The number of nitrogens with one attached hydrogen (secondary N) is 2. The Morgan fingerprint density at radius 2 is 1.93 bits per heavy atom. The first-order valence-corrected chi connectivity index (χ1v) is 10.0. The number of rotatable bonds is 7. The zero-order valence-electron chi connectivity index (χ0n) is 15.9. The van der Waals surface area contributed by atoms with Crippen LogP contribution in [0.1, 0.15) is 48.3 Å². The van der Waals surface area contributed by atoms with E-state index < -0.39 is 33.7 Å². The van der Waals surface area contributed by atoms with E-state index in [1.807, 2.05) is 6.92 Å². The van der Waals surface area contributed by atoms with E-state index in [0.717, 1.165) is 18.2 Å². The fraction of sp³-hybridized carbons (Fsp3) is 0.389. The SMILES string of the molecule is CC[C@H](C)NS(=O)(=O)c1cn(C)c(C(=O)Nc2ccc(F)c(C(F)F)c2)c1C. The number of alkyl halides is 2. The van der Waals surface area contributed by atoms with Gasteiger partial charge < -0.3 is 9.88 Å². The van der Waals surface area contributed by atoms with Crippen LogP contribution in [-0.2, 0) is 17.1 Å². The molecule has 6 nitrogen and oxygen atoms in total. The van der Waals surface area contributed by atoms with Crippen LogP contribution in [0.2, 0.25) is 0 Å². The molecule has 1 heterocycles. The van der Waals surface area contributed by atoms with Crippen molar-refractivity contribution in [1.82, 2.24) is 9.29 Å². The molecule has 0 saturated heterocycles. The van der Waals surface area contributed by atoms with E-state index in [4.69, 9.17) is 0 Å². The number of hydrogen-bond donors (Lipinski definition) is 2. The number of amides is 1. The molecule has 0 saturated carbocycles. The van der Waals surface area contributed by atoms with Gasteiger partial charge in [-0.15, -0.1) is 0 Å². The van der Waals surface area contributed by atoms with Crippen LogP contribution in [0.3, 0.4) is 0 Å². The second-order valence-electron chi connectivity index (χ2n) is 6.50. The van der Waals surface area contributed by atoms with Crippen molar-refractivity contribution in [3.63, 3.8) is 0 Å². The second-order valence-corrected chi connectivity index (χ2v) is 8.18. The largest absolute Gasteiger partial charge is 0.345 e. The molecule has 0 radical (unpaired) electrons. The van der Waals surface area contributed by atoms with E-state index in [1.54, 1.807) is 6.92 Å². The first-order valence-electron chi connectivity index (χ1n) is 8.55. The molecule has 0 unspecified atom stereocenters. The zero-order chi connectivity index (χ0) is 21.2. The van der Waals surface area contributed by atoms with Gasteiger partial charge in [-0.2, -0.15) is 0 Å². The topological polar surface area (TPSA) is 80.2 Å². The molecular formula is C18H22F3N3O3S. The lowest BCUT2D eigenvalue weighted by atomic mass is 10.2. The summed E-state index contributed by atoms with van der Waals surface area (Å²) in [6, 6.07) is 2.55. The highest BCUT2D eigenvalue weighted by Crippen LogP contribution is 2.26. The highest BCUT2D eigenvalue weighted by Gasteiger charge is 2.26. The molecule has 0 aliphatic carbocycles. The van der Waals surface area contributed by atoms with Gasteiger partial charge in [0.2, 0.25) is 10.0 Å². The normalized spacial score (nSPS) is 13.0. The quantitative estimate of drug-likeness (QED) is 0.720. The first kappa shape index (κ1) is 22.0. The number of aromatic nitrogens is 1. The minimum Gasteiger partial charge on any atom is -0.345 e. The predicted molar refractivity (Wildman–Crippen MR) is 99.5 cm³/mol. The van der Waals surface area contributed by atoms with E-state index in [-0.39, 0.29) is 27.9 Å². The summed E-state index contributed by atoms with van der Waals surface area (Å²) in [5, 5.41) is 2.40. The van der Waals surface area contributed by atoms with Gasteiger partial charge in [-0.3, -0.25) is 4.79 Å². The van der Waals surface area contributed by atoms with E-state index >= 15 is 0 Å². The number of anilines is 1. The second kappa shape index (κ2) is 8.36. The molecule has 1 aromatic heterocycles. The molecule has 1 atom stereocenters. The molecule has 0 fully saturated rings. The monoisotopic (exact) mass is 417 g/mol. The van der Waals surface area contributed by atoms with E-state index in [2.05, 4.69) is 10.0 Å². The van der Waals surface area contributed by atoms with Crippen LogP contribution in [0.15, 0.2) is 29.3 Å². The summed E-state index contributed by atoms with van der Waals surface area (Å²) in [4.78, 5) is 12.6. The van der Waals surface area contributed by atoms with Gasteiger partial charge in [-0.1, -0.05) is 6.92 Å². The molecule has 0 aliphatic heterocycles. The van der Waals surface area contributed by atoms with Crippen molar-refractivity contribution in [3.8, 4) is 0 Å². The average molecular weight is 417 g/mol. The van der Waals surface area contributed by atoms with Gasteiger partial charge in [0, 0.05) is 25.0 Å². The van der Waals surface area contributed by atoms with E-state index in [0.29, 0.717) is 6.42 Å². The van der Waals surface area contributed by atoms with Crippen LogP contribution in [-0.4, -0.2) is 24.9 Å². The Morgan fingerprint density at radius 1 is 1.29 bits per heavy atom. The van der Waals surface area contributed by atoms with Crippen molar-refractivity contribution < 1.29 is 26.4 Å². The molecular weight excluding hydrogens is 395 g/mol. The maximum Gasteiger partial charge on any atom is 0.272 e. The minimum atomic E-state index is -3.83. The molecule has 1 aromatic carbocycles. The Kier molecular flexibility index (Phi) is 6.56. The van der Waals surface area contributed by atoms with Crippen LogP contribution in [0.25, 0.3) is 0 Å². The summed E-state index contributed by atoms with van der Waals surface area (Å²) in [6.07, 6.45) is -1.13. The lowest BCUT2D eigenvalue weighted by Crippen LogP contribution is -2.32. The third-order valence-electron chi connectivity index (χ3n) is 4.35. The van der Waals surface area contributed by atoms with Crippen molar-refractivity contribution in [2.45, 2.75) is 44.6 Å². The lowest BCUT2D eigenvalue weighted by Gasteiger charge is -2.12. The first-order chi connectivity index (χ1) is 13.0. The molecule has 0 aliphatic rings. The summed E-state index contributed by atoms with van der Waals surface area (Å²) < 4.78 is 68.0. The van der Waals surface area contributed by atoms with Crippen LogP contribution < -0.4 is 10.0 Å². The molecule has 1 amide bonds. The van der Waals surface area contributed by atoms with Gasteiger partial charge in [0.25, 0.3) is 12.3 Å². The molecule has 154 valence electrons. The minimum absolute atomic E-state index is 0.0237. The highest BCUT2D eigenvalue weighted by atomic mass is 32.2. The molecule has 2 N–H and O–H groups in total. The van der Waals surface area contributed by atoms with Crippen molar-refractivity contribution in [2.24, 2.45) is 7.05 Å². The Balaban J connectivity index is 2.35. The number of carbonyl (C=O) groups is 1. The van der Waals surface area contributed by atoms with Gasteiger partial charge in [0.05, 0.1) is 5.56 Å². The summed E-state index contributed by atoms with van der Waals surface area (Å²) >= 11 is 0. The lowest BCUT2D eigenvalue weighted by molar-refractivity contribution is 0.101. The van der Waals surface area contributed by atoms with E-state index in [1.165, 1.54) is 24.7 Å². The van der Waals surface area contributed by atoms with E-state index in [9.17, 15) is 26.4 Å². The summed E-state index contributed by atoms with van der Waals surface area (Å²) in [5.74, 6) is -1.77. The van der Waals surface area contributed by atoms with Gasteiger partial charge in [-0.25, -0.2) is 26.3 Å². The van der Waals surface area contributed by atoms with Crippen molar-refractivity contribution in [3.05, 3.63) is 47.0 Å². The molecule has 0 spiro atoms. The van der Waals surface area contributed by atoms with Crippen LogP contribution in [0.5, 0.6) is 0 Å². The number of sulfonamides is 1. The summed E-state index contributed by atoms with van der Waals surface area (Å²) in [6.45, 7) is 5.04.